The molecule has 0 saturated carbocycles. The summed E-state index contributed by atoms with van der Waals surface area (Å²) in [6, 6.07) is 8.20. The quantitative estimate of drug-likeness (QED) is 0.852. The molecular formula is C17H16F2N2O2. The third-order valence-corrected chi connectivity index (χ3v) is 3.36. The molecule has 0 aliphatic heterocycles. The van der Waals surface area contributed by atoms with E-state index in [2.05, 4.69) is 10.6 Å². The fraction of sp³-hybridized carbons (Fsp3) is 0.176. The SMILES string of the molecule is CCc1cccc(C)c1NC(=O)C(=O)Nc1ccc(F)cc1F. The predicted molar refractivity (Wildman–Crippen MR) is 84.2 cm³/mol. The van der Waals surface area contributed by atoms with Gasteiger partial charge in [0.05, 0.1) is 5.69 Å². The maximum absolute atomic E-state index is 13.5. The van der Waals surface area contributed by atoms with Crippen molar-refractivity contribution in [3.8, 4) is 0 Å². The van der Waals surface area contributed by atoms with Crippen LogP contribution in [0, 0.1) is 18.6 Å². The molecule has 120 valence electrons. The summed E-state index contributed by atoms with van der Waals surface area (Å²) >= 11 is 0. The van der Waals surface area contributed by atoms with Crippen LogP contribution in [-0.2, 0) is 16.0 Å². The Morgan fingerprint density at radius 1 is 1.04 bits per heavy atom. The van der Waals surface area contributed by atoms with Crippen molar-refractivity contribution in [3.05, 3.63) is 59.2 Å². The number of rotatable bonds is 3. The molecule has 0 aromatic heterocycles. The largest absolute Gasteiger partial charge is 0.317 e. The van der Waals surface area contributed by atoms with Gasteiger partial charge in [0, 0.05) is 11.8 Å². The lowest BCUT2D eigenvalue weighted by Gasteiger charge is -2.13. The number of halogens is 2. The van der Waals surface area contributed by atoms with Crippen molar-refractivity contribution in [2.75, 3.05) is 10.6 Å². The van der Waals surface area contributed by atoms with Gasteiger partial charge in [-0.25, -0.2) is 8.78 Å². The highest BCUT2D eigenvalue weighted by molar-refractivity contribution is 6.43. The van der Waals surface area contributed by atoms with E-state index in [1.165, 1.54) is 0 Å². The van der Waals surface area contributed by atoms with E-state index in [4.69, 9.17) is 0 Å². The number of aryl methyl sites for hydroxylation is 2. The first-order chi connectivity index (χ1) is 10.9. The zero-order valence-corrected chi connectivity index (χ0v) is 12.7. The lowest BCUT2D eigenvalue weighted by Crippen LogP contribution is -2.30. The second kappa shape index (κ2) is 7.00. The van der Waals surface area contributed by atoms with Crippen LogP contribution in [0.5, 0.6) is 0 Å². The lowest BCUT2D eigenvalue weighted by molar-refractivity contribution is -0.133. The van der Waals surface area contributed by atoms with Crippen LogP contribution in [-0.4, -0.2) is 11.8 Å². The molecule has 23 heavy (non-hydrogen) atoms. The molecule has 0 heterocycles. The summed E-state index contributed by atoms with van der Waals surface area (Å²) in [5, 5.41) is 4.65. The highest BCUT2D eigenvalue weighted by Gasteiger charge is 2.18. The summed E-state index contributed by atoms with van der Waals surface area (Å²) in [7, 11) is 0. The predicted octanol–water partition coefficient (Wildman–Crippen LogP) is 3.41. The van der Waals surface area contributed by atoms with Crippen LogP contribution in [0.2, 0.25) is 0 Å². The molecule has 0 aliphatic rings. The fourth-order valence-corrected chi connectivity index (χ4v) is 2.14. The smallest absolute Gasteiger partial charge is 0.314 e. The van der Waals surface area contributed by atoms with Gasteiger partial charge in [0.25, 0.3) is 0 Å². The Hall–Kier alpha value is -2.76. The molecule has 0 atom stereocenters. The third kappa shape index (κ3) is 3.91. The van der Waals surface area contributed by atoms with Gasteiger partial charge in [0.15, 0.2) is 0 Å². The average molecular weight is 318 g/mol. The highest BCUT2D eigenvalue weighted by atomic mass is 19.1. The molecule has 6 heteroatoms. The van der Waals surface area contributed by atoms with Crippen molar-refractivity contribution in [3.63, 3.8) is 0 Å². The first kappa shape index (κ1) is 16.6. The summed E-state index contributed by atoms with van der Waals surface area (Å²) in [6.07, 6.45) is 0.686. The number of carbonyl (C=O) groups excluding carboxylic acids is 2. The van der Waals surface area contributed by atoms with E-state index in [0.29, 0.717) is 18.2 Å². The number of para-hydroxylation sites is 1. The molecule has 2 N–H and O–H groups in total. The number of carbonyl (C=O) groups is 2. The van der Waals surface area contributed by atoms with E-state index in [9.17, 15) is 18.4 Å². The molecule has 0 saturated heterocycles. The Morgan fingerprint density at radius 3 is 2.39 bits per heavy atom. The minimum absolute atomic E-state index is 0.257. The maximum atomic E-state index is 13.5. The molecule has 2 aromatic rings. The van der Waals surface area contributed by atoms with Crippen molar-refractivity contribution < 1.29 is 18.4 Å². The van der Waals surface area contributed by atoms with Gasteiger partial charge in [0.2, 0.25) is 0 Å². The summed E-state index contributed by atoms with van der Waals surface area (Å²) in [6.45, 7) is 3.74. The van der Waals surface area contributed by atoms with E-state index in [0.717, 1.165) is 23.3 Å². The van der Waals surface area contributed by atoms with E-state index in [1.807, 2.05) is 32.0 Å². The number of anilines is 2. The summed E-state index contributed by atoms with van der Waals surface area (Å²) in [5.74, 6) is -3.66. The molecule has 0 unspecified atom stereocenters. The Kier molecular flexibility index (Phi) is 5.05. The lowest BCUT2D eigenvalue weighted by atomic mass is 10.1. The van der Waals surface area contributed by atoms with Crippen molar-refractivity contribution in [2.45, 2.75) is 20.3 Å². The topological polar surface area (TPSA) is 58.2 Å². The Labute approximate surface area is 132 Å². The van der Waals surface area contributed by atoms with Gasteiger partial charge in [-0.3, -0.25) is 9.59 Å². The molecule has 0 fully saturated rings. The van der Waals surface area contributed by atoms with Gasteiger partial charge in [-0.05, 0) is 36.6 Å². The van der Waals surface area contributed by atoms with Gasteiger partial charge >= 0.3 is 11.8 Å². The third-order valence-electron chi connectivity index (χ3n) is 3.36. The summed E-state index contributed by atoms with van der Waals surface area (Å²) in [5.41, 5.74) is 2.01. The Morgan fingerprint density at radius 2 is 1.74 bits per heavy atom. The Balaban J connectivity index is 2.13. The van der Waals surface area contributed by atoms with Crippen molar-refractivity contribution in [2.24, 2.45) is 0 Å². The molecule has 0 radical (unpaired) electrons. The van der Waals surface area contributed by atoms with Gasteiger partial charge in [-0.15, -0.1) is 0 Å². The van der Waals surface area contributed by atoms with E-state index < -0.39 is 23.4 Å². The zero-order valence-electron chi connectivity index (χ0n) is 12.7. The zero-order chi connectivity index (χ0) is 17.0. The molecule has 0 spiro atoms. The molecule has 4 nitrogen and oxygen atoms in total. The van der Waals surface area contributed by atoms with Gasteiger partial charge in [-0.1, -0.05) is 25.1 Å². The molecule has 2 rings (SSSR count). The number of nitrogens with one attached hydrogen (secondary N) is 2. The summed E-state index contributed by atoms with van der Waals surface area (Å²) in [4.78, 5) is 23.9. The monoisotopic (exact) mass is 318 g/mol. The minimum Gasteiger partial charge on any atom is -0.317 e. The van der Waals surface area contributed by atoms with Crippen molar-refractivity contribution in [1.29, 1.82) is 0 Å². The first-order valence-corrected chi connectivity index (χ1v) is 7.08. The number of benzene rings is 2. The van der Waals surface area contributed by atoms with Crippen LogP contribution in [0.3, 0.4) is 0 Å². The van der Waals surface area contributed by atoms with Crippen LogP contribution < -0.4 is 10.6 Å². The van der Waals surface area contributed by atoms with Crippen LogP contribution in [0.4, 0.5) is 20.2 Å². The number of amides is 2. The van der Waals surface area contributed by atoms with Crippen LogP contribution in [0.25, 0.3) is 0 Å². The van der Waals surface area contributed by atoms with Crippen molar-refractivity contribution >= 4 is 23.2 Å². The molecule has 2 aromatic carbocycles. The fourth-order valence-electron chi connectivity index (χ4n) is 2.14. The standard InChI is InChI=1S/C17H16F2N2O2/c1-3-11-6-4-5-10(2)15(11)21-17(23)16(22)20-14-8-7-12(18)9-13(14)19/h4-9H,3H2,1-2H3,(H,20,22)(H,21,23). The van der Waals surface area contributed by atoms with Gasteiger partial charge in [-0.2, -0.15) is 0 Å². The van der Waals surface area contributed by atoms with Crippen LogP contribution >= 0.6 is 0 Å². The highest BCUT2D eigenvalue weighted by Crippen LogP contribution is 2.21. The first-order valence-electron chi connectivity index (χ1n) is 7.08. The molecule has 2 amide bonds. The Bertz CT molecular complexity index is 760. The van der Waals surface area contributed by atoms with Crippen molar-refractivity contribution in [1.82, 2.24) is 0 Å². The summed E-state index contributed by atoms with van der Waals surface area (Å²) < 4.78 is 26.3. The average Bonchev–Trinajstić information content (AvgIpc) is 2.51. The normalized spacial score (nSPS) is 10.3. The van der Waals surface area contributed by atoms with Crippen LogP contribution in [0.1, 0.15) is 18.1 Å². The molecular weight excluding hydrogens is 302 g/mol. The number of hydrogen-bond donors (Lipinski definition) is 2. The van der Waals surface area contributed by atoms with E-state index >= 15 is 0 Å². The van der Waals surface area contributed by atoms with Crippen LogP contribution in [0.15, 0.2) is 36.4 Å². The van der Waals surface area contributed by atoms with Gasteiger partial charge < -0.3 is 10.6 Å². The minimum atomic E-state index is -1.03. The maximum Gasteiger partial charge on any atom is 0.314 e. The molecule has 0 aliphatic carbocycles. The second-order valence-electron chi connectivity index (χ2n) is 5.00. The van der Waals surface area contributed by atoms with E-state index in [1.54, 1.807) is 0 Å². The second-order valence-corrected chi connectivity index (χ2v) is 5.00. The van der Waals surface area contributed by atoms with Gasteiger partial charge in [0.1, 0.15) is 11.6 Å². The number of hydrogen-bond acceptors (Lipinski definition) is 2. The molecule has 0 bridgehead atoms. The van der Waals surface area contributed by atoms with E-state index in [-0.39, 0.29) is 5.69 Å².